The maximum absolute atomic E-state index is 13.6. The van der Waals surface area contributed by atoms with Gasteiger partial charge in [0.1, 0.15) is 0 Å². The summed E-state index contributed by atoms with van der Waals surface area (Å²) in [5.74, 6) is -1.36. The first kappa shape index (κ1) is 25.9. The Morgan fingerprint density at radius 2 is 1.56 bits per heavy atom. The van der Waals surface area contributed by atoms with Gasteiger partial charge < -0.3 is 10.6 Å². The number of aryl methyl sites for hydroxylation is 3. The molecule has 0 aliphatic carbocycles. The van der Waals surface area contributed by atoms with E-state index in [9.17, 15) is 18.0 Å². The van der Waals surface area contributed by atoms with Crippen LogP contribution in [0.3, 0.4) is 0 Å². The third kappa shape index (κ3) is 6.45. The van der Waals surface area contributed by atoms with Gasteiger partial charge in [0.2, 0.25) is 10.0 Å². The molecule has 1 fully saturated rings. The maximum atomic E-state index is 13.6. The molecule has 184 valence electrons. The van der Waals surface area contributed by atoms with Crippen LogP contribution in [0.2, 0.25) is 0 Å². The zero-order chi connectivity index (χ0) is 24.7. The molecule has 8 heteroatoms. The first-order valence-electron chi connectivity index (χ1n) is 11.9. The molecule has 2 aromatic carbocycles. The SMILES string of the molecule is Cc1cc(C)c(S(=O)(=O)N2CCCCC2CCNC(=O)C(=O)NCCc2ccccc2)c(C)c1. The molecule has 2 amide bonds. The molecule has 1 heterocycles. The lowest BCUT2D eigenvalue weighted by Gasteiger charge is -2.35. The van der Waals surface area contributed by atoms with Crippen LogP contribution >= 0.6 is 0 Å². The van der Waals surface area contributed by atoms with Gasteiger partial charge in [0.05, 0.1) is 4.90 Å². The van der Waals surface area contributed by atoms with Crippen molar-refractivity contribution >= 4 is 21.8 Å². The molecular weight excluding hydrogens is 450 g/mol. The number of nitrogens with zero attached hydrogens (tertiary/aromatic N) is 1. The van der Waals surface area contributed by atoms with Crippen molar-refractivity contribution < 1.29 is 18.0 Å². The number of carbonyl (C=O) groups excluding carboxylic acids is 2. The summed E-state index contributed by atoms with van der Waals surface area (Å²) in [6, 6.07) is 13.3. The van der Waals surface area contributed by atoms with E-state index in [-0.39, 0.29) is 12.6 Å². The van der Waals surface area contributed by atoms with E-state index < -0.39 is 21.8 Å². The lowest BCUT2D eigenvalue weighted by Crippen LogP contribution is -2.46. The van der Waals surface area contributed by atoms with Gasteiger partial charge in [0.15, 0.2) is 0 Å². The Balaban J connectivity index is 1.55. The molecule has 1 unspecified atom stereocenters. The standard InChI is InChI=1S/C26H35N3O4S/c1-19-17-20(2)24(21(3)18-19)34(32,33)29-16-8-7-11-23(29)13-15-28-26(31)25(30)27-14-12-22-9-5-4-6-10-22/h4-6,9-10,17-18,23H,7-8,11-16H2,1-3H3,(H,27,30)(H,28,31). The van der Waals surface area contributed by atoms with E-state index in [4.69, 9.17) is 0 Å². The van der Waals surface area contributed by atoms with Gasteiger partial charge in [-0.15, -0.1) is 0 Å². The highest BCUT2D eigenvalue weighted by Crippen LogP contribution is 2.31. The fourth-order valence-corrected chi connectivity index (χ4v) is 6.89. The Morgan fingerprint density at radius 1 is 0.941 bits per heavy atom. The molecular formula is C26H35N3O4S. The van der Waals surface area contributed by atoms with Crippen LogP contribution < -0.4 is 10.6 Å². The molecule has 1 saturated heterocycles. The summed E-state index contributed by atoms with van der Waals surface area (Å²) in [6.45, 7) is 6.72. The van der Waals surface area contributed by atoms with Gasteiger partial charge in [-0.25, -0.2) is 8.42 Å². The van der Waals surface area contributed by atoms with Crippen molar-refractivity contribution in [1.82, 2.24) is 14.9 Å². The molecule has 3 rings (SSSR count). The van der Waals surface area contributed by atoms with E-state index in [1.807, 2.05) is 63.2 Å². The summed E-state index contributed by atoms with van der Waals surface area (Å²) in [5, 5.41) is 5.28. The zero-order valence-electron chi connectivity index (χ0n) is 20.3. The molecule has 1 atom stereocenters. The van der Waals surface area contributed by atoms with E-state index in [1.165, 1.54) is 0 Å². The zero-order valence-corrected chi connectivity index (χ0v) is 21.1. The summed E-state index contributed by atoms with van der Waals surface area (Å²) < 4.78 is 28.7. The average molecular weight is 486 g/mol. The van der Waals surface area contributed by atoms with Crippen LogP contribution in [-0.2, 0) is 26.0 Å². The van der Waals surface area contributed by atoms with E-state index in [1.54, 1.807) is 4.31 Å². The molecule has 34 heavy (non-hydrogen) atoms. The Kier molecular flexibility index (Phi) is 8.85. The molecule has 1 aliphatic rings. The quantitative estimate of drug-likeness (QED) is 0.562. The van der Waals surface area contributed by atoms with Gasteiger partial charge in [0, 0.05) is 25.7 Å². The average Bonchev–Trinajstić information content (AvgIpc) is 2.79. The third-order valence-corrected chi connectivity index (χ3v) is 8.51. The summed E-state index contributed by atoms with van der Waals surface area (Å²) >= 11 is 0. The van der Waals surface area contributed by atoms with E-state index in [0.29, 0.717) is 30.8 Å². The molecule has 7 nitrogen and oxygen atoms in total. The van der Waals surface area contributed by atoms with Gasteiger partial charge in [-0.2, -0.15) is 4.31 Å². The number of benzene rings is 2. The second kappa shape index (κ2) is 11.6. The fraction of sp³-hybridized carbons (Fsp3) is 0.462. The molecule has 2 aromatic rings. The highest BCUT2D eigenvalue weighted by molar-refractivity contribution is 7.89. The van der Waals surface area contributed by atoms with Gasteiger partial charge in [0.25, 0.3) is 0 Å². The number of piperidine rings is 1. The van der Waals surface area contributed by atoms with E-state index >= 15 is 0 Å². The molecule has 0 saturated carbocycles. The summed E-state index contributed by atoms with van der Waals surface area (Å²) in [6.07, 6.45) is 3.60. The number of carbonyl (C=O) groups is 2. The molecule has 0 radical (unpaired) electrons. The van der Waals surface area contributed by atoms with Crippen LogP contribution in [0.1, 0.15) is 47.9 Å². The number of hydrogen-bond donors (Lipinski definition) is 2. The van der Waals surface area contributed by atoms with Crippen molar-refractivity contribution in [3.8, 4) is 0 Å². The van der Waals surface area contributed by atoms with Crippen LogP contribution in [-0.4, -0.2) is 50.2 Å². The van der Waals surface area contributed by atoms with Crippen molar-refractivity contribution in [2.45, 2.75) is 63.8 Å². The van der Waals surface area contributed by atoms with Gasteiger partial charge in [-0.05, 0) is 63.1 Å². The molecule has 0 spiro atoms. The Labute approximate surface area is 203 Å². The number of sulfonamides is 1. The minimum absolute atomic E-state index is 0.208. The predicted molar refractivity (Wildman–Crippen MR) is 133 cm³/mol. The number of nitrogens with one attached hydrogen (secondary N) is 2. The Bertz CT molecular complexity index is 1090. The minimum atomic E-state index is -3.65. The van der Waals surface area contributed by atoms with Crippen LogP contribution in [0.15, 0.2) is 47.4 Å². The second-order valence-corrected chi connectivity index (χ2v) is 10.9. The van der Waals surface area contributed by atoms with Crippen molar-refractivity contribution in [3.05, 3.63) is 64.7 Å². The predicted octanol–water partition coefficient (Wildman–Crippen LogP) is 3.02. The lowest BCUT2D eigenvalue weighted by molar-refractivity contribution is -0.139. The highest BCUT2D eigenvalue weighted by Gasteiger charge is 2.35. The summed E-state index contributed by atoms with van der Waals surface area (Å²) in [5.41, 5.74) is 3.62. The van der Waals surface area contributed by atoms with Crippen LogP contribution in [0, 0.1) is 20.8 Å². The van der Waals surface area contributed by atoms with Crippen molar-refractivity contribution in [2.75, 3.05) is 19.6 Å². The lowest BCUT2D eigenvalue weighted by atomic mass is 10.0. The number of hydrogen-bond acceptors (Lipinski definition) is 4. The normalized spacial score (nSPS) is 16.7. The molecule has 0 bridgehead atoms. The first-order valence-corrected chi connectivity index (χ1v) is 13.3. The van der Waals surface area contributed by atoms with Crippen LogP contribution in [0.25, 0.3) is 0 Å². The Morgan fingerprint density at radius 3 is 2.21 bits per heavy atom. The molecule has 2 N–H and O–H groups in total. The smallest absolute Gasteiger partial charge is 0.309 e. The third-order valence-electron chi connectivity index (χ3n) is 6.26. The second-order valence-electron chi connectivity index (χ2n) is 9.03. The Hall–Kier alpha value is -2.71. The first-order chi connectivity index (χ1) is 16.2. The fourth-order valence-electron chi connectivity index (χ4n) is 4.75. The van der Waals surface area contributed by atoms with Crippen LogP contribution in [0.5, 0.6) is 0 Å². The van der Waals surface area contributed by atoms with Crippen molar-refractivity contribution in [1.29, 1.82) is 0 Å². The maximum Gasteiger partial charge on any atom is 0.309 e. The molecule has 1 aliphatic heterocycles. The van der Waals surface area contributed by atoms with Gasteiger partial charge >= 0.3 is 11.8 Å². The van der Waals surface area contributed by atoms with Gasteiger partial charge in [-0.1, -0.05) is 54.4 Å². The van der Waals surface area contributed by atoms with Crippen molar-refractivity contribution in [2.24, 2.45) is 0 Å². The minimum Gasteiger partial charge on any atom is -0.348 e. The number of rotatable bonds is 8. The summed E-state index contributed by atoms with van der Waals surface area (Å²) in [7, 11) is -3.65. The molecule has 0 aromatic heterocycles. The number of amides is 2. The van der Waals surface area contributed by atoms with Crippen molar-refractivity contribution in [3.63, 3.8) is 0 Å². The van der Waals surface area contributed by atoms with E-state index in [2.05, 4.69) is 10.6 Å². The van der Waals surface area contributed by atoms with E-state index in [0.717, 1.165) is 41.5 Å². The van der Waals surface area contributed by atoms with Gasteiger partial charge in [-0.3, -0.25) is 9.59 Å². The monoisotopic (exact) mass is 485 g/mol. The largest absolute Gasteiger partial charge is 0.348 e. The van der Waals surface area contributed by atoms with Crippen LogP contribution in [0.4, 0.5) is 0 Å². The summed E-state index contributed by atoms with van der Waals surface area (Å²) in [4.78, 5) is 24.7. The topological polar surface area (TPSA) is 95.6 Å². The highest BCUT2D eigenvalue weighted by atomic mass is 32.2.